The van der Waals surface area contributed by atoms with Crippen LogP contribution < -0.4 is 10.1 Å². The molecule has 0 radical (unpaired) electrons. The molecule has 1 fully saturated rings. The van der Waals surface area contributed by atoms with Crippen molar-refractivity contribution in [3.05, 3.63) is 90.6 Å². The number of nitrogens with one attached hydrogen (secondary N) is 2. The molecule has 1 saturated heterocycles. The number of carbonyl (C=O) groups is 2. The molecular formula is C27H26N4O3. The van der Waals surface area contributed by atoms with Crippen molar-refractivity contribution in [3.63, 3.8) is 0 Å². The van der Waals surface area contributed by atoms with Crippen molar-refractivity contribution < 1.29 is 14.3 Å². The number of aromatic nitrogens is 1. The second kappa shape index (κ2) is 9.80. The number of hydrogen-bond donors (Lipinski definition) is 2. The highest BCUT2D eigenvalue weighted by Gasteiger charge is 2.24. The van der Waals surface area contributed by atoms with E-state index >= 15 is 0 Å². The zero-order chi connectivity index (χ0) is 23.3. The van der Waals surface area contributed by atoms with E-state index in [4.69, 9.17) is 4.74 Å². The molecule has 1 aliphatic heterocycles. The molecule has 1 aromatic heterocycles. The Morgan fingerprint density at radius 3 is 2.24 bits per heavy atom. The van der Waals surface area contributed by atoms with E-state index in [0.717, 1.165) is 22.3 Å². The van der Waals surface area contributed by atoms with Gasteiger partial charge in [0.25, 0.3) is 5.91 Å². The number of H-pyrrole nitrogens is 1. The topological polar surface area (TPSA) is 77.7 Å². The molecular weight excluding hydrogens is 428 g/mol. The minimum atomic E-state index is -0.0767. The lowest BCUT2D eigenvalue weighted by atomic mass is 10.2. The summed E-state index contributed by atoms with van der Waals surface area (Å²) < 4.78 is 5.78. The van der Waals surface area contributed by atoms with Gasteiger partial charge >= 0.3 is 0 Å². The van der Waals surface area contributed by atoms with Crippen molar-refractivity contribution in [2.75, 3.05) is 38.0 Å². The molecule has 7 heteroatoms. The van der Waals surface area contributed by atoms with Crippen LogP contribution in [0.4, 0.5) is 5.69 Å². The lowest BCUT2D eigenvalue weighted by Gasteiger charge is -2.34. The van der Waals surface area contributed by atoms with E-state index in [1.807, 2.05) is 89.8 Å². The number of carbonyl (C=O) groups excluding carboxylic acids is 2. The molecule has 0 spiro atoms. The summed E-state index contributed by atoms with van der Waals surface area (Å²) in [7, 11) is 0. The Kier molecular flexibility index (Phi) is 6.27. The lowest BCUT2D eigenvalue weighted by molar-refractivity contribution is -0.117. The predicted octanol–water partition coefficient (Wildman–Crippen LogP) is 4.36. The number of piperazine rings is 1. The summed E-state index contributed by atoms with van der Waals surface area (Å²) >= 11 is 0. The van der Waals surface area contributed by atoms with Crippen LogP contribution in [0.3, 0.4) is 0 Å². The first-order valence-electron chi connectivity index (χ1n) is 11.4. The third-order valence-electron chi connectivity index (χ3n) is 5.90. The van der Waals surface area contributed by atoms with Crippen LogP contribution in [0, 0.1) is 0 Å². The smallest absolute Gasteiger partial charge is 0.270 e. The molecule has 2 heterocycles. The maximum atomic E-state index is 12.9. The number of fused-ring (bicyclic) bond motifs is 1. The predicted molar refractivity (Wildman–Crippen MR) is 132 cm³/mol. The van der Waals surface area contributed by atoms with Gasteiger partial charge in [0, 0.05) is 42.8 Å². The molecule has 1 aliphatic rings. The van der Waals surface area contributed by atoms with E-state index in [-0.39, 0.29) is 18.4 Å². The zero-order valence-corrected chi connectivity index (χ0v) is 18.7. The normalized spacial score (nSPS) is 14.2. The minimum Gasteiger partial charge on any atom is -0.457 e. The lowest BCUT2D eigenvalue weighted by Crippen LogP contribution is -2.50. The number of anilines is 1. The summed E-state index contributed by atoms with van der Waals surface area (Å²) in [5, 5.41) is 3.96. The van der Waals surface area contributed by atoms with Gasteiger partial charge in [-0.05, 0) is 48.5 Å². The fraction of sp³-hybridized carbons (Fsp3) is 0.185. The second-order valence-corrected chi connectivity index (χ2v) is 8.33. The molecule has 0 bridgehead atoms. The van der Waals surface area contributed by atoms with Gasteiger partial charge in [-0.1, -0.05) is 36.4 Å². The van der Waals surface area contributed by atoms with E-state index < -0.39 is 0 Å². The molecule has 5 rings (SSSR count). The third-order valence-corrected chi connectivity index (χ3v) is 5.90. The van der Waals surface area contributed by atoms with Crippen LogP contribution in [-0.2, 0) is 4.79 Å². The minimum absolute atomic E-state index is 0.00175. The van der Waals surface area contributed by atoms with Crippen LogP contribution in [0.5, 0.6) is 11.5 Å². The highest BCUT2D eigenvalue weighted by Crippen LogP contribution is 2.22. The standard InChI is InChI=1S/C27H26N4O3/c32-26(28-21-10-12-23(13-11-21)34-22-7-2-1-3-8-22)19-30-14-16-31(17-15-30)27(33)25-18-20-6-4-5-9-24(20)29-25/h1-13,18,29H,14-17,19H2,(H,28,32). The summed E-state index contributed by atoms with van der Waals surface area (Å²) in [5.74, 6) is 1.40. The summed E-state index contributed by atoms with van der Waals surface area (Å²) in [6.45, 7) is 2.78. The van der Waals surface area contributed by atoms with Crippen LogP contribution in [0.15, 0.2) is 84.9 Å². The first-order valence-corrected chi connectivity index (χ1v) is 11.4. The van der Waals surface area contributed by atoms with Crippen molar-refractivity contribution in [1.82, 2.24) is 14.8 Å². The third kappa shape index (κ3) is 5.10. The Morgan fingerprint density at radius 2 is 1.50 bits per heavy atom. The van der Waals surface area contributed by atoms with E-state index in [0.29, 0.717) is 37.6 Å². The van der Waals surface area contributed by atoms with Crippen molar-refractivity contribution in [2.45, 2.75) is 0 Å². The van der Waals surface area contributed by atoms with Crippen molar-refractivity contribution in [2.24, 2.45) is 0 Å². The number of amides is 2. The van der Waals surface area contributed by atoms with Crippen LogP contribution in [0.2, 0.25) is 0 Å². The van der Waals surface area contributed by atoms with E-state index in [9.17, 15) is 9.59 Å². The SMILES string of the molecule is O=C(CN1CCN(C(=O)c2cc3ccccc3[nH]2)CC1)Nc1ccc(Oc2ccccc2)cc1. The number of aromatic amines is 1. The van der Waals surface area contributed by atoms with Crippen LogP contribution in [-0.4, -0.2) is 59.3 Å². The molecule has 0 aliphatic carbocycles. The number of para-hydroxylation sites is 2. The van der Waals surface area contributed by atoms with Gasteiger partial charge in [0.05, 0.1) is 6.54 Å². The van der Waals surface area contributed by atoms with Crippen molar-refractivity contribution in [1.29, 1.82) is 0 Å². The average molecular weight is 455 g/mol. The fourth-order valence-corrected chi connectivity index (χ4v) is 4.10. The molecule has 0 atom stereocenters. The molecule has 2 N–H and O–H groups in total. The number of hydrogen-bond acceptors (Lipinski definition) is 4. The van der Waals surface area contributed by atoms with Crippen molar-refractivity contribution >= 4 is 28.4 Å². The summed E-state index contributed by atoms with van der Waals surface area (Å²) in [6.07, 6.45) is 0. The largest absolute Gasteiger partial charge is 0.457 e. The molecule has 0 saturated carbocycles. The summed E-state index contributed by atoms with van der Waals surface area (Å²) in [5.41, 5.74) is 2.28. The monoisotopic (exact) mass is 454 g/mol. The molecule has 7 nitrogen and oxygen atoms in total. The Labute approximate surface area is 197 Å². The first kappa shape index (κ1) is 21.7. The Bertz CT molecular complexity index is 1240. The zero-order valence-electron chi connectivity index (χ0n) is 18.7. The fourth-order valence-electron chi connectivity index (χ4n) is 4.10. The van der Waals surface area contributed by atoms with Crippen LogP contribution in [0.1, 0.15) is 10.5 Å². The van der Waals surface area contributed by atoms with E-state index in [1.54, 1.807) is 0 Å². The highest BCUT2D eigenvalue weighted by molar-refractivity contribution is 5.98. The first-order chi connectivity index (χ1) is 16.6. The maximum Gasteiger partial charge on any atom is 0.270 e. The summed E-state index contributed by atoms with van der Waals surface area (Å²) in [6, 6.07) is 26.6. The number of ether oxygens (including phenoxy) is 1. The van der Waals surface area contributed by atoms with Gasteiger partial charge in [-0.2, -0.15) is 0 Å². The van der Waals surface area contributed by atoms with Gasteiger partial charge in [0.1, 0.15) is 17.2 Å². The highest BCUT2D eigenvalue weighted by atomic mass is 16.5. The number of benzene rings is 3. The van der Waals surface area contributed by atoms with E-state index in [2.05, 4.69) is 15.2 Å². The maximum absolute atomic E-state index is 12.9. The Balaban J connectivity index is 1.09. The van der Waals surface area contributed by atoms with Gasteiger partial charge in [-0.3, -0.25) is 14.5 Å². The van der Waals surface area contributed by atoms with Crippen LogP contribution >= 0.6 is 0 Å². The van der Waals surface area contributed by atoms with Gasteiger partial charge in [0.2, 0.25) is 5.91 Å². The van der Waals surface area contributed by atoms with Crippen LogP contribution in [0.25, 0.3) is 10.9 Å². The van der Waals surface area contributed by atoms with Gasteiger partial charge in [-0.15, -0.1) is 0 Å². The van der Waals surface area contributed by atoms with Gasteiger partial charge < -0.3 is 19.9 Å². The quantitative estimate of drug-likeness (QED) is 0.454. The molecule has 0 unspecified atom stereocenters. The Hall–Kier alpha value is -4.10. The molecule has 3 aromatic carbocycles. The molecule has 4 aromatic rings. The Morgan fingerprint density at radius 1 is 0.824 bits per heavy atom. The summed E-state index contributed by atoms with van der Waals surface area (Å²) in [4.78, 5) is 32.5. The second-order valence-electron chi connectivity index (χ2n) is 8.33. The molecule has 2 amide bonds. The van der Waals surface area contributed by atoms with E-state index in [1.165, 1.54) is 0 Å². The van der Waals surface area contributed by atoms with Gasteiger partial charge in [0.15, 0.2) is 0 Å². The number of rotatable bonds is 6. The molecule has 34 heavy (non-hydrogen) atoms. The average Bonchev–Trinajstić information content (AvgIpc) is 3.30. The van der Waals surface area contributed by atoms with Crippen molar-refractivity contribution in [3.8, 4) is 11.5 Å². The number of nitrogens with zero attached hydrogens (tertiary/aromatic N) is 2. The van der Waals surface area contributed by atoms with Gasteiger partial charge in [-0.25, -0.2) is 0 Å². The molecule has 172 valence electrons.